The third kappa shape index (κ3) is 3.53. The number of nitrogens with zero attached hydrogens (tertiary/aromatic N) is 2. The molecule has 1 saturated carbocycles. The predicted octanol–water partition coefficient (Wildman–Crippen LogP) is 5.62. The van der Waals surface area contributed by atoms with Crippen LogP contribution in [0.3, 0.4) is 0 Å². The van der Waals surface area contributed by atoms with Crippen LogP contribution in [0.15, 0.2) is 18.5 Å². The van der Waals surface area contributed by atoms with Gasteiger partial charge in [-0.3, -0.25) is 9.78 Å². The van der Waals surface area contributed by atoms with Gasteiger partial charge in [-0.25, -0.2) is 4.98 Å². The van der Waals surface area contributed by atoms with Crippen LogP contribution in [0.2, 0.25) is 0 Å². The number of ether oxygens (including phenoxy) is 1. The van der Waals surface area contributed by atoms with Crippen molar-refractivity contribution >= 4 is 11.5 Å². The van der Waals surface area contributed by atoms with Gasteiger partial charge in [0.15, 0.2) is 0 Å². The average Bonchev–Trinajstić information content (AvgIpc) is 3.00. The fourth-order valence-corrected chi connectivity index (χ4v) is 6.46. The van der Waals surface area contributed by atoms with Gasteiger partial charge in [-0.15, -0.1) is 0 Å². The Balaban J connectivity index is 1.55. The molecule has 0 bridgehead atoms. The lowest BCUT2D eigenvalue weighted by molar-refractivity contribution is -0.143. The maximum atomic E-state index is 12.0. The van der Waals surface area contributed by atoms with E-state index in [1.54, 1.807) is 0 Å². The van der Waals surface area contributed by atoms with Gasteiger partial charge in [0.05, 0.1) is 24.2 Å². The first-order chi connectivity index (χ1) is 13.9. The molecule has 4 nitrogen and oxygen atoms in total. The van der Waals surface area contributed by atoms with E-state index >= 15 is 0 Å². The molecule has 29 heavy (non-hydrogen) atoms. The van der Waals surface area contributed by atoms with Crippen LogP contribution in [0, 0.1) is 28.6 Å². The molecule has 1 saturated heterocycles. The molecular formula is C25H36N2O2. The molecule has 0 N–H and O–H groups in total. The Morgan fingerprint density at radius 1 is 1.17 bits per heavy atom. The van der Waals surface area contributed by atoms with E-state index < -0.39 is 0 Å². The van der Waals surface area contributed by atoms with Crippen molar-refractivity contribution in [1.82, 2.24) is 9.97 Å². The highest BCUT2D eigenvalue weighted by Crippen LogP contribution is 2.61. The summed E-state index contributed by atoms with van der Waals surface area (Å²) >= 11 is 0. The van der Waals surface area contributed by atoms with Crippen molar-refractivity contribution in [1.29, 1.82) is 0 Å². The SMILES string of the molecule is CCc1cncc(C2=CCC3CC(C4(C)CCC(=O)OCC4CC)CCC23C)n1. The van der Waals surface area contributed by atoms with E-state index in [0.717, 1.165) is 37.1 Å². The maximum absolute atomic E-state index is 12.0. The first-order valence-electron chi connectivity index (χ1n) is 11.6. The molecule has 0 radical (unpaired) electrons. The fourth-order valence-electron chi connectivity index (χ4n) is 6.46. The monoisotopic (exact) mass is 396 g/mol. The van der Waals surface area contributed by atoms with Crippen LogP contribution in [0.25, 0.3) is 5.57 Å². The minimum absolute atomic E-state index is 0.00739. The predicted molar refractivity (Wildman–Crippen MR) is 115 cm³/mol. The van der Waals surface area contributed by atoms with E-state index in [-0.39, 0.29) is 16.8 Å². The first-order valence-corrected chi connectivity index (χ1v) is 11.6. The van der Waals surface area contributed by atoms with E-state index in [1.807, 2.05) is 12.4 Å². The van der Waals surface area contributed by atoms with Crippen LogP contribution in [0.5, 0.6) is 0 Å². The lowest BCUT2D eigenvalue weighted by Crippen LogP contribution is -2.42. The second kappa shape index (κ2) is 7.85. The van der Waals surface area contributed by atoms with Crippen LogP contribution >= 0.6 is 0 Å². The third-order valence-electron chi connectivity index (χ3n) is 8.70. The fraction of sp³-hybridized carbons (Fsp3) is 0.720. The number of carbonyl (C=O) groups excluding carboxylic acids is 1. The summed E-state index contributed by atoms with van der Waals surface area (Å²) in [6.45, 7) is 9.89. The highest BCUT2D eigenvalue weighted by Gasteiger charge is 2.51. The zero-order chi connectivity index (χ0) is 20.6. The summed E-state index contributed by atoms with van der Waals surface area (Å²) in [6, 6.07) is 0. The number of aryl methyl sites for hydroxylation is 1. The van der Waals surface area contributed by atoms with E-state index in [2.05, 4.69) is 38.8 Å². The highest BCUT2D eigenvalue weighted by molar-refractivity contribution is 5.70. The molecule has 0 aromatic carbocycles. The quantitative estimate of drug-likeness (QED) is 0.620. The summed E-state index contributed by atoms with van der Waals surface area (Å²) < 4.78 is 5.53. The number of cyclic esters (lactones) is 1. The van der Waals surface area contributed by atoms with Crippen molar-refractivity contribution in [2.75, 3.05) is 6.61 Å². The molecular weight excluding hydrogens is 360 g/mol. The second-order valence-corrected chi connectivity index (χ2v) is 9.98. The van der Waals surface area contributed by atoms with Gasteiger partial charge in [0.25, 0.3) is 0 Å². The summed E-state index contributed by atoms with van der Waals surface area (Å²) in [7, 11) is 0. The first kappa shape index (κ1) is 20.6. The molecule has 4 rings (SSSR count). The number of hydrogen-bond donors (Lipinski definition) is 0. The molecule has 3 aliphatic rings. The van der Waals surface area contributed by atoms with Gasteiger partial charge in [-0.2, -0.15) is 0 Å². The van der Waals surface area contributed by atoms with E-state index in [9.17, 15) is 4.79 Å². The van der Waals surface area contributed by atoms with Gasteiger partial charge in [0.2, 0.25) is 0 Å². The Hall–Kier alpha value is -1.71. The minimum atomic E-state index is -0.00739. The maximum Gasteiger partial charge on any atom is 0.305 e. The summed E-state index contributed by atoms with van der Waals surface area (Å²) in [6.07, 6.45) is 14.7. The van der Waals surface area contributed by atoms with Crippen molar-refractivity contribution < 1.29 is 9.53 Å². The van der Waals surface area contributed by atoms with Gasteiger partial charge in [0, 0.05) is 12.6 Å². The molecule has 2 fully saturated rings. The third-order valence-corrected chi connectivity index (χ3v) is 8.70. The van der Waals surface area contributed by atoms with Crippen molar-refractivity contribution in [2.45, 2.75) is 79.1 Å². The zero-order valence-corrected chi connectivity index (χ0v) is 18.5. The number of hydrogen-bond acceptors (Lipinski definition) is 4. The second-order valence-electron chi connectivity index (χ2n) is 9.98. The average molecular weight is 397 g/mol. The van der Waals surface area contributed by atoms with Gasteiger partial charge in [-0.1, -0.05) is 33.8 Å². The van der Waals surface area contributed by atoms with Crippen LogP contribution in [0.4, 0.5) is 0 Å². The molecule has 4 heteroatoms. The molecule has 5 unspecified atom stereocenters. The Labute approximate surface area is 175 Å². The van der Waals surface area contributed by atoms with E-state index in [0.29, 0.717) is 30.8 Å². The van der Waals surface area contributed by atoms with Crippen LogP contribution in [-0.2, 0) is 16.0 Å². The van der Waals surface area contributed by atoms with Gasteiger partial charge in [0.1, 0.15) is 0 Å². The lowest BCUT2D eigenvalue weighted by Gasteiger charge is -2.50. The minimum Gasteiger partial charge on any atom is -0.465 e. The summed E-state index contributed by atoms with van der Waals surface area (Å²) in [4.78, 5) is 21.3. The molecule has 1 aromatic heterocycles. The number of carbonyl (C=O) groups is 1. The molecule has 2 heterocycles. The normalized spacial score (nSPS) is 37.4. The number of fused-ring (bicyclic) bond motifs is 1. The van der Waals surface area contributed by atoms with Crippen LogP contribution in [-0.4, -0.2) is 22.5 Å². The standard InChI is InChI=1S/C25H36N2O2/c1-5-17-16-29-23(28)10-12-24(17,3)19-9-11-25(4)18(13-19)7-8-21(25)22-15-26-14-20(6-2)27-22/h8,14-15,17-19H,5-7,9-13,16H2,1-4H3. The molecule has 5 atom stereocenters. The summed E-state index contributed by atoms with van der Waals surface area (Å²) in [5.74, 6) is 1.80. The van der Waals surface area contributed by atoms with Gasteiger partial charge in [-0.05, 0) is 79.1 Å². The molecule has 0 amide bonds. The molecule has 2 aliphatic carbocycles. The molecule has 158 valence electrons. The highest BCUT2D eigenvalue weighted by atomic mass is 16.5. The van der Waals surface area contributed by atoms with Crippen molar-refractivity contribution in [3.8, 4) is 0 Å². The number of aromatic nitrogens is 2. The topological polar surface area (TPSA) is 52.1 Å². The van der Waals surface area contributed by atoms with Crippen molar-refractivity contribution in [3.05, 3.63) is 29.9 Å². The summed E-state index contributed by atoms with van der Waals surface area (Å²) in [5, 5.41) is 0. The number of esters is 1. The molecule has 1 aromatic rings. The lowest BCUT2D eigenvalue weighted by atomic mass is 9.54. The molecule has 1 aliphatic heterocycles. The Morgan fingerprint density at radius 2 is 2.00 bits per heavy atom. The van der Waals surface area contributed by atoms with Crippen LogP contribution < -0.4 is 0 Å². The van der Waals surface area contributed by atoms with Gasteiger partial charge >= 0.3 is 5.97 Å². The number of rotatable bonds is 4. The van der Waals surface area contributed by atoms with E-state index in [4.69, 9.17) is 9.72 Å². The van der Waals surface area contributed by atoms with Crippen molar-refractivity contribution in [2.24, 2.45) is 28.6 Å². The molecule has 0 spiro atoms. The van der Waals surface area contributed by atoms with Crippen LogP contribution in [0.1, 0.15) is 84.0 Å². The Bertz CT molecular complexity index is 804. The number of allylic oxidation sites excluding steroid dienone is 2. The Kier molecular flexibility index (Phi) is 5.56. The summed E-state index contributed by atoms with van der Waals surface area (Å²) in [5.41, 5.74) is 3.98. The van der Waals surface area contributed by atoms with Gasteiger partial charge < -0.3 is 4.74 Å². The smallest absolute Gasteiger partial charge is 0.305 e. The zero-order valence-electron chi connectivity index (χ0n) is 18.5. The van der Waals surface area contributed by atoms with Crippen molar-refractivity contribution in [3.63, 3.8) is 0 Å². The largest absolute Gasteiger partial charge is 0.465 e. The Morgan fingerprint density at radius 3 is 2.76 bits per heavy atom. The van der Waals surface area contributed by atoms with E-state index in [1.165, 1.54) is 24.8 Å².